The number of nitrogens with one attached hydrogen (secondary N) is 2. The van der Waals surface area contributed by atoms with Crippen molar-refractivity contribution in [3.63, 3.8) is 0 Å². The van der Waals surface area contributed by atoms with E-state index in [9.17, 15) is 17.2 Å². The molecule has 176 valence electrons. The molecule has 0 bridgehead atoms. The number of nitrogens with zero attached hydrogens (tertiary/aromatic N) is 4. The average molecular weight is 505 g/mol. The Labute approximate surface area is 197 Å². The summed E-state index contributed by atoms with van der Waals surface area (Å²) in [6.45, 7) is 1.84. The maximum Gasteiger partial charge on any atom is 0.264 e. The molecule has 0 atom stereocenters. The molecule has 3 heterocycles. The molecule has 0 radical (unpaired) electrons. The lowest BCUT2D eigenvalue weighted by Crippen LogP contribution is -2.15. The lowest BCUT2D eigenvalue weighted by molar-refractivity contribution is 0.400. The summed E-state index contributed by atoms with van der Waals surface area (Å²) in [6.07, 6.45) is 3.66. The molecule has 0 aliphatic heterocycles. The van der Waals surface area contributed by atoms with Crippen LogP contribution >= 0.6 is 11.3 Å². The molecule has 1 aliphatic carbocycles. The number of pyridine rings is 1. The van der Waals surface area contributed by atoms with Crippen molar-refractivity contribution >= 4 is 43.3 Å². The zero-order chi connectivity index (χ0) is 24.0. The van der Waals surface area contributed by atoms with E-state index in [1.54, 1.807) is 0 Å². The van der Waals surface area contributed by atoms with E-state index in [-0.39, 0.29) is 11.6 Å². The third-order valence-electron chi connectivity index (χ3n) is 5.06. The summed E-state index contributed by atoms with van der Waals surface area (Å²) in [5, 5.41) is 3.81. The number of ether oxygens (including phenoxy) is 1. The van der Waals surface area contributed by atoms with Gasteiger partial charge in [-0.1, -0.05) is 11.3 Å². The number of methoxy groups -OCH3 is 1. The van der Waals surface area contributed by atoms with Crippen molar-refractivity contribution < 1.29 is 21.9 Å². The van der Waals surface area contributed by atoms with E-state index in [1.807, 2.05) is 6.92 Å². The fourth-order valence-corrected chi connectivity index (χ4v) is 5.33. The lowest BCUT2D eigenvalue weighted by atomic mass is 10.2. The van der Waals surface area contributed by atoms with Crippen LogP contribution < -0.4 is 14.8 Å². The molecule has 4 aromatic rings. The molecule has 1 saturated carbocycles. The Balaban J connectivity index is 1.51. The second-order valence-corrected chi connectivity index (χ2v) is 10.3. The molecule has 34 heavy (non-hydrogen) atoms. The van der Waals surface area contributed by atoms with Crippen molar-refractivity contribution in [2.75, 3.05) is 17.1 Å². The van der Waals surface area contributed by atoms with Gasteiger partial charge in [-0.05, 0) is 38.0 Å². The molecule has 1 aromatic carbocycles. The second-order valence-electron chi connectivity index (χ2n) is 7.69. The number of anilines is 2. The van der Waals surface area contributed by atoms with E-state index in [2.05, 4.69) is 30.0 Å². The fraction of sp³-hybridized carbons (Fsp3) is 0.238. The molecule has 2 N–H and O–H groups in total. The van der Waals surface area contributed by atoms with E-state index < -0.39 is 26.6 Å². The number of thiazole rings is 1. The third-order valence-corrected chi connectivity index (χ3v) is 7.46. The van der Waals surface area contributed by atoms with Gasteiger partial charge in [0.1, 0.15) is 37.6 Å². The largest absolute Gasteiger partial charge is 0.480 e. The number of hydrogen-bond acceptors (Lipinski definition) is 9. The highest BCUT2D eigenvalue weighted by Gasteiger charge is 2.24. The molecular weight excluding hydrogens is 486 g/mol. The highest BCUT2D eigenvalue weighted by atomic mass is 32.2. The van der Waals surface area contributed by atoms with Gasteiger partial charge in [-0.2, -0.15) is 0 Å². The van der Waals surface area contributed by atoms with Crippen LogP contribution in [-0.2, 0) is 10.0 Å². The summed E-state index contributed by atoms with van der Waals surface area (Å²) in [5.41, 5.74) is 1.82. The zero-order valence-corrected chi connectivity index (χ0v) is 19.6. The number of benzene rings is 1. The first-order valence-electron chi connectivity index (χ1n) is 10.2. The van der Waals surface area contributed by atoms with Crippen molar-refractivity contribution in [3.05, 3.63) is 47.8 Å². The molecule has 5 rings (SSSR count). The number of hydrogen-bond donors (Lipinski definition) is 2. The molecule has 0 spiro atoms. The van der Waals surface area contributed by atoms with Crippen LogP contribution in [0.5, 0.6) is 5.88 Å². The Kier molecular flexibility index (Phi) is 5.52. The minimum atomic E-state index is -4.39. The minimum absolute atomic E-state index is 0.0251. The number of aromatic nitrogens is 4. The van der Waals surface area contributed by atoms with Gasteiger partial charge >= 0.3 is 0 Å². The van der Waals surface area contributed by atoms with Gasteiger partial charge in [0.05, 0.1) is 12.8 Å². The summed E-state index contributed by atoms with van der Waals surface area (Å²) < 4.78 is 60.3. The Morgan fingerprint density at radius 3 is 2.65 bits per heavy atom. The van der Waals surface area contributed by atoms with Gasteiger partial charge in [0.15, 0.2) is 0 Å². The highest BCUT2D eigenvalue weighted by molar-refractivity contribution is 7.92. The van der Waals surface area contributed by atoms with Crippen molar-refractivity contribution in [2.24, 2.45) is 0 Å². The van der Waals surface area contributed by atoms with Gasteiger partial charge < -0.3 is 10.1 Å². The average Bonchev–Trinajstić information content (AvgIpc) is 3.48. The summed E-state index contributed by atoms with van der Waals surface area (Å²) in [5.74, 6) is -1.58. The van der Waals surface area contributed by atoms with Gasteiger partial charge in [0.25, 0.3) is 10.0 Å². The van der Waals surface area contributed by atoms with E-state index in [4.69, 9.17) is 4.74 Å². The van der Waals surface area contributed by atoms with Crippen molar-refractivity contribution in [3.8, 4) is 16.5 Å². The molecule has 9 nitrogen and oxygen atoms in total. The molecule has 3 aromatic heterocycles. The number of aryl methyl sites for hydroxylation is 1. The van der Waals surface area contributed by atoms with Crippen molar-refractivity contribution in [1.82, 2.24) is 19.9 Å². The van der Waals surface area contributed by atoms with E-state index in [0.29, 0.717) is 44.7 Å². The number of fused-ring (bicyclic) bond motifs is 1. The van der Waals surface area contributed by atoms with Crippen LogP contribution in [0.3, 0.4) is 0 Å². The topological polar surface area (TPSA) is 119 Å². The lowest BCUT2D eigenvalue weighted by Gasteiger charge is -2.12. The summed E-state index contributed by atoms with van der Waals surface area (Å²) >= 11 is 1.30. The van der Waals surface area contributed by atoms with Gasteiger partial charge in [-0.25, -0.2) is 37.1 Å². The number of halogens is 2. The quantitative estimate of drug-likeness (QED) is 0.386. The summed E-state index contributed by atoms with van der Waals surface area (Å²) in [4.78, 5) is 17.7. The van der Waals surface area contributed by atoms with Crippen LogP contribution in [0.25, 0.3) is 20.9 Å². The Morgan fingerprint density at radius 2 is 1.94 bits per heavy atom. The predicted octanol–water partition coefficient (Wildman–Crippen LogP) is 4.12. The SMILES string of the molecule is COc1ncc(-c2nc3c(C)nc(NC4CC4)nc3s2)cc1NS(=O)(=O)c1ccc(F)cc1F. The number of rotatable bonds is 7. The Bertz CT molecular complexity index is 1520. The van der Waals surface area contributed by atoms with Gasteiger partial charge in [0.2, 0.25) is 11.8 Å². The predicted molar refractivity (Wildman–Crippen MR) is 124 cm³/mol. The first-order chi connectivity index (χ1) is 16.2. The molecule has 0 amide bonds. The van der Waals surface area contributed by atoms with Crippen LogP contribution in [0.15, 0.2) is 35.4 Å². The van der Waals surface area contributed by atoms with Crippen LogP contribution in [0.1, 0.15) is 18.5 Å². The van der Waals surface area contributed by atoms with Crippen LogP contribution in [-0.4, -0.2) is 41.5 Å². The maximum atomic E-state index is 14.1. The Hall–Kier alpha value is -3.45. The van der Waals surface area contributed by atoms with Crippen LogP contribution in [0, 0.1) is 18.6 Å². The van der Waals surface area contributed by atoms with Crippen molar-refractivity contribution in [2.45, 2.75) is 30.7 Å². The second kappa shape index (κ2) is 8.40. The minimum Gasteiger partial charge on any atom is -0.480 e. The first-order valence-corrected chi connectivity index (χ1v) is 12.5. The van der Waals surface area contributed by atoms with Crippen LogP contribution in [0.4, 0.5) is 20.4 Å². The molecule has 13 heteroatoms. The smallest absolute Gasteiger partial charge is 0.264 e. The van der Waals surface area contributed by atoms with Crippen molar-refractivity contribution in [1.29, 1.82) is 0 Å². The normalized spacial score (nSPS) is 13.8. The first kappa shape index (κ1) is 22.3. The monoisotopic (exact) mass is 504 g/mol. The van der Waals surface area contributed by atoms with E-state index in [1.165, 1.54) is 30.7 Å². The maximum absolute atomic E-state index is 14.1. The molecule has 0 unspecified atom stereocenters. The highest BCUT2D eigenvalue weighted by Crippen LogP contribution is 2.35. The van der Waals surface area contributed by atoms with Gasteiger partial charge in [-0.3, -0.25) is 4.72 Å². The molecule has 1 aliphatic rings. The molecule has 0 saturated heterocycles. The van der Waals surface area contributed by atoms with Crippen LogP contribution in [0.2, 0.25) is 0 Å². The molecule has 1 fully saturated rings. The summed E-state index contributed by atoms with van der Waals surface area (Å²) in [7, 11) is -3.07. The van der Waals surface area contributed by atoms with Gasteiger partial charge in [0, 0.05) is 23.9 Å². The standard InChI is InChI=1S/C21H18F2N6O3S2/c1-10-17-20(28-21(25-10)26-13-4-5-13)33-19(27-17)11-7-15(18(32-2)24-9-11)29-34(30,31)16-6-3-12(22)8-14(16)23/h3,6-9,13,29H,4-5H2,1-2H3,(H,25,26,28). The summed E-state index contributed by atoms with van der Waals surface area (Å²) in [6, 6.07) is 4.09. The van der Waals surface area contributed by atoms with Gasteiger partial charge in [-0.15, -0.1) is 0 Å². The number of sulfonamides is 1. The Morgan fingerprint density at radius 1 is 1.15 bits per heavy atom. The fourth-order valence-electron chi connectivity index (χ4n) is 3.25. The van der Waals surface area contributed by atoms with E-state index >= 15 is 0 Å². The zero-order valence-electron chi connectivity index (χ0n) is 18.0. The molecular formula is C21H18F2N6O3S2. The van der Waals surface area contributed by atoms with E-state index in [0.717, 1.165) is 25.0 Å². The third kappa shape index (κ3) is 4.35.